The van der Waals surface area contributed by atoms with Crippen molar-refractivity contribution in [2.75, 3.05) is 0 Å². The van der Waals surface area contributed by atoms with Crippen molar-refractivity contribution in [3.05, 3.63) is 40.4 Å². The number of fused-ring (bicyclic) bond motifs is 1. The number of imidazole rings is 1. The van der Waals surface area contributed by atoms with Crippen LogP contribution in [-0.2, 0) is 6.42 Å². The molecule has 1 aliphatic carbocycles. The number of unbranched alkanes of at least 4 members (excludes halogenated alkanes) is 1. The molecule has 2 heterocycles. The van der Waals surface area contributed by atoms with E-state index in [0.717, 1.165) is 30.0 Å². The first kappa shape index (κ1) is 12.5. The van der Waals surface area contributed by atoms with Crippen LogP contribution in [0.3, 0.4) is 0 Å². The molecule has 0 saturated heterocycles. The maximum absolute atomic E-state index is 11.9. The highest BCUT2D eigenvalue weighted by atomic mass is 16.1. The molecule has 0 aromatic carbocycles. The van der Waals surface area contributed by atoms with Gasteiger partial charge in [-0.2, -0.15) is 0 Å². The van der Waals surface area contributed by atoms with E-state index < -0.39 is 0 Å². The van der Waals surface area contributed by atoms with E-state index in [4.69, 9.17) is 0 Å². The van der Waals surface area contributed by atoms with Gasteiger partial charge in [-0.25, -0.2) is 0 Å². The molecule has 2 aromatic heterocycles. The predicted molar refractivity (Wildman–Crippen MR) is 77.5 cm³/mol. The summed E-state index contributed by atoms with van der Waals surface area (Å²) in [7, 11) is 0. The summed E-state index contributed by atoms with van der Waals surface area (Å²) in [5.74, 6) is 0.966. The molecule has 102 valence electrons. The van der Waals surface area contributed by atoms with Gasteiger partial charge in [0.05, 0.1) is 0 Å². The molecule has 1 fully saturated rings. The SMILES string of the molecule is O=c1cc2[nH]ccn2cc1CCCCC1CCCC1. The molecule has 0 radical (unpaired) electrons. The van der Waals surface area contributed by atoms with Gasteiger partial charge in [-0.1, -0.05) is 38.5 Å². The maximum atomic E-state index is 11.9. The molecule has 2 aromatic rings. The van der Waals surface area contributed by atoms with Gasteiger partial charge in [-0.3, -0.25) is 4.79 Å². The smallest absolute Gasteiger partial charge is 0.186 e. The molecule has 1 saturated carbocycles. The summed E-state index contributed by atoms with van der Waals surface area (Å²) < 4.78 is 1.99. The van der Waals surface area contributed by atoms with Crippen LogP contribution >= 0.6 is 0 Å². The summed E-state index contributed by atoms with van der Waals surface area (Å²) in [5, 5.41) is 0. The van der Waals surface area contributed by atoms with Gasteiger partial charge in [-0.15, -0.1) is 0 Å². The Balaban J connectivity index is 1.55. The van der Waals surface area contributed by atoms with E-state index in [1.54, 1.807) is 6.07 Å². The number of aryl methyl sites for hydroxylation is 1. The van der Waals surface area contributed by atoms with Gasteiger partial charge in [0.2, 0.25) is 0 Å². The minimum Gasteiger partial charge on any atom is -0.346 e. The zero-order valence-electron chi connectivity index (χ0n) is 11.4. The molecular weight excluding hydrogens is 236 g/mol. The Bertz CT molecular complexity index is 590. The zero-order chi connectivity index (χ0) is 13.1. The Hall–Kier alpha value is -1.51. The molecule has 0 bridgehead atoms. The maximum Gasteiger partial charge on any atom is 0.186 e. The number of aromatic nitrogens is 2. The molecule has 0 amide bonds. The van der Waals surface area contributed by atoms with Crippen LogP contribution in [0.15, 0.2) is 29.5 Å². The number of pyridine rings is 1. The Morgan fingerprint density at radius 2 is 2.11 bits per heavy atom. The first-order chi connectivity index (χ1) is 9.33. The minimum atomic E-state index is 0.170. The fourth-order valence-corrected chi connectivity index (χ4v) is 3.27. The number of aromatic amines is 1. The highest BCUT2D eigenvalue weighted by molar-refractivity contribution is 5.39. The summed E-state index contributed by atoms with van der Waals surface area (Å²) in [5.41, 5.74) is 1.99. The van der Waals surface area contributed by atoms with E-state index in [2.05, 4.69) is 4.98 Å². The lowest BCUT2D eigenvalue weighted by molar-refractivity contribution is 0.473. The number of hydrogen-bond acceptors (Lipinski definition) is 1. The van der Waals surface area contributed by atoms with E-state index in [1.165, 1.54) is 38.5 Å². The third kappa shape index (κ3) is 2.91. The summed E-state index contributed by atoms with van der Waals surface area (Å²) in [6.07, 6.45) is 16.2. The lowest BCUT2D eigenvalue weighted by Gasteiger charge is -2.08. The minimum absolute atomic E-state index is 0.170. The third-order valence-electron chi connectivity index (χ3n) is 4.41. The molecule has 19 heavy (non-hydrogen) atoms. The normalized spacial score (nSPS) is 16.4. The second-order valence-electron chi connectivity index (χ2n) is 5.81. The second kappa shape index (κ2) is 5.64. The molecule has 3 nitrogen and oxygen atoms in total. The molecule has 1 N–H and O–H groups in total. The van der Waals surface area contributed by atoms with E-state index in [1.807, 2.05) is 23.0 Å². The van der Waals surface area contributed by atoms with Crippen molar-refractivity contribution in [1.29, 1.82) is 0 Å². The third-order valence-corrected chi connectivity index (χ3v) is 4.41. The number of hydrogen-bond donors (Lipinski definition) is 1. The number of H-pyrrole nitrogens is 1. The Morgan fingerprint density at radius 1 is 1.26 bits per heavy atom. The highest BCUT2D eigenvalue weighted by Gasteiger charge is 2.14. The van der Waals surface area contributed by atoms with E-state index >= 15 is 0 Å². The fraction of sp³-hybridized carbons (Fsp3) is 0.562. The summed E-state index contributed by atoms with van der Waals surface area (Å²) >= 11 is 0. The van der Waals surface area contributed by atoms with Gasteiger partial charge >= 0.3 is 0 Å². The van der Waals surface area contributed by atoms with Crippen LogP contribution in [0.1, 0.15) is 50.5 Å². The van der Waals surface area contributed by atoms with Crippen molar-refractivity contribution < 1.29 is 0 Å². The van der Waals surface area contributed by atoms with Gasteiger partial charge in [0.25, 0.3) is 0 Å². The molecule has 0 spiro atoms. The summed E-state index contributed by atoms with van der Waals surface area (Å²) in [6, 6.07) is 1.70. The van der Waals surface area contributed by atoms with E-state index in [9.17, 15) is 4.79 Å². The van der Waals surface area contributed by atoms with Crippen LogP contribution in [0.25, 0.3) is 5.65 Å². The number of nitrogens with zero attached hydrogens (tertiary/aromatic N) is 1. The molecule has 3 heteroatoms. The Kier molecular flexibility index (Phi) is 3.72. The average Bonchev–Trinajstić information content (AvgIpc) is 3.05. The quantitative estimate of drug-likeness (QED) is 0.818. The van der Waals surface area contributed by atoms with Crippen LogP contribution in [0, 0.1) is 5.92 Å². The monoisotopic (exact) mass is 258 g/mol. The van der Waals surface area contributed by atoms with Gasteiger partial charge in [0.1, 0.15) is 5.65 Å². The first-order valence-electron chi connectivity index (χ1n) is 7.51. The van der Waals surface area contributed by atoms with E-state index in [-0.39, 0.29) is 5.43 Å². The van der Waals surface area contributed by atoms with Crippen molar-refractivity contribution in [2.45, 2.75) is 51.4 Å². The van der Waals surface area contributed by atoms with Crippen molar-refractivity contribution in [3.8, 4) is 0 Å². The fourth-order valence-electron chi connectivity index (χ4n) is 3.27. The Labute approximate surface area is 113 Å². The van der Waals surface area contributed by atoms with Crippen molar-refractivity contribution in [2.24, 2.45) is 5.92 Å². The van der Waals surface area contributed by atoms with Crippen LogP contribution in [0.2, 0.25) is 0 Å². The highest BCUT2D eigenvalue weighted by Crippen LogP contribution is 2.29. The van der Waals surface area contributed by atoms with Crippen molar-refractivity contribution in [3.63, 3.8) is 0 Å². The van der Waals surface area contributed by atoms with Crippen LogP contribution in [-0.4, -0.2) is 9.38 Å². The van der Waals surface area contributed by atoms with Gasteiger partial charge in [0, 0.05) is 30.2 Å². The molecule has 0 unspecified atom stereocenters. The lowest BCUT2D eigenvalue weighted by atomic mass is 9.99. The summed E-state index contributed by atoms with van der Waals surface area (Å²) in [6.45, 7) is 0. The molecule has 0 atom stereocenters. The van der Waals surface area contributed by atoms with Gasteiger partial charge in [0.15, 0.2) is 5.43 Å². The first-order valence-corrected chi connectivity index (χ1v) is 7.51. The largest absolute Gasteiger partial charge is 0.346 e. The van der Waals surface area contributed by atoms with Crippen molar-refractivity contribution in [1.82, 2.24) is 9.38 Å². The van der Waals surface area contributed by atoms with Crippen LogP contribution in [0.5, 0.6) is 0 Å². The average molecular weight is 258 g/mol. The molecule has 3 rings (SSSR count). The summed E-state index contributed by atoms with van der Waals surface area (Å²) in [4.78, 5) is 15.0. The van der Waals surface area contributed by atoms with Crippen LogP contribution < -0.4 is 5.43 Å². The number of nitrogens with one attached hydrogen (secondary N) is 1. The van der Waals surface area contributed by atoms with Crippen LogP contribution in [0.4, 0.5) is 0 Å². The van der Waals surface area contributed by atoms with Gasteiger partial charge in [-0.05, 0) is 18.8 Å². The zero-order valence-corrected chi connectivity index (χ0v) is 11.4. The molecule has 0 aliphatic heterocycles. The Morgan fingerprint density at radius 3 is 2.95 bits per heavy atom. The molecule has 1 aliphatic rings. The predicted octanol–water partition coefficient (Wildman–Crippen LogP) is 3.53. The van der Waals surface area contributed by atoms with Crippen molar-refractivity contribution >= 4 is 5.65 Å². The topological polar surface area (TPSA) is 37.3 Å². The standard InChI is InChI=1S/C16H22N2O/c19-15-11-16-17-9-10-18(16)12-14(15)8-4-3-7-13-5-1-2-6-13/h9-13,17H,1-8H2. The molecular formula is C16H22N2O. The lowest BCUT2D eigenvalue weighted by Crippen LogP contribution is -2.09. The van der Waals surface area contributed by atoms with E-state index in [0.29, 0.717) is 0 Å². The van der Waals surface area contributed by atoms with Gasteiger partial charge < -0.3 is 9.38 Å². The second-order valence-corrected chi connectivity index (χ2v) is 5.81. The number of rotatable bonds is 5.